The summed E-state index contributed by atoms with van der Waals surface area (Å²) in [4.78, 5) is 6.41. The molecular weight excluding hydrogens is 228 g/mol. The van der Waals surface area contributed by atoms with Gasteiger partial charge in [0.15, 0.2) is 0 Å². The summed E-state index contributed by atoms with van der Waals surface area (Å²) in [7, 11) is 2.07. The van der Waals surface area contributed by atoms with E-state index < -0.39 is 0 Å². The summed E-state index contributed by atoms with van der Waals surface area (Å²) in [5.74, 6) is 0. The van der Waals surface area contributed by atoms with E-state index in [2.05, 4.69) is 26.2 Å². The third-order valence-electron chi connectivity index (χ3n) is 3.90. The summed E-state index contributed by atoms with van der Waals surface area (Å²) in [5, 5.41) is 4.80. The second kappa shape index (κ2) is 5.49. The van der Waals surface area contributed by atoms with Gasteiger partial charge >= 0.3 is 0 Å². The third kappa shape index (κ3) is 2.71. The number of rotatable bonds is 6. The van der Waals surface area contributed by atoms with Crippen LogP contribution in [0.1, 0.15) is 61.5 Å². The van der Waals surface area contributed by atoms with Gasteiger partial charge in [0.1, 0.15) is 5.01 Å². The molecular formula is C14H24N2S. The fourth-order valence-corrected chi connectivity index (χ4v) is 3.82. The van der Waals surface area contributed by atoms with Gasteiger partial charge in [-0.1, -0.05) is 26.2 Å². The van der Waals surface area contributed by atoms with Crippen molar-refractivity contribution in [3.63, 3.8) is 0 Å². The van der Waals surface area contributed by atoms with Crippen molar-refractivity contribution in [2.45, 2.75) is 64.3 Å². The van der Waals surface area contributed by atoms with Gasteiger partial charge in [0.25, 0.3) is 0 Å². The number of aryl methyl sites for hydroxylation is 2. The van der Waals surface area contributed by atoms with Crippen molar-refractivity contribution in [2.24, 2.45) is 0 Å². The third-order valence-corrected chi connectivity index (χ3v) is 5.32. The molecule has 0 fully saturated rings. The van der Waals surface area contributed by atoms with Crippen LogP contribution >= 0.6 is 11.3 Å². The number of nitrogens with zero attached hydrogens (tertiary/aromatic N) is 1. The van der Waals surface area contributed by atoms with Crippen LogP contribution in [0.25, 0.3) is 0 Å². The highest BCUT2D eigenvalue weighted by Crippen LogP contribution is 2.35. The van der Waals surface area contributed by atoms with E-state index in [9.17, 15) is 0 Å². The zero-order valence-electron chi connectivity index (χ0n) is 11.3. The number of hydrogen-bond acceptors (Lipinski definition) is 3. The van der Waals surface area contributed by atoms with E-state index in [0.29, 0.717) is 0 Å². The minimum atomic E-state index is 0.0875. The Morgan fingerprint density at radius 1 is 1.35 bits per heavy atom. The van der Waals surface area contributed by atoms with Crippen LogP contribution < -0.4 is 5.32 Å². The van der Waals surface area contributed by atoms with Crippen LogP contribution in [0, 0.1) is 0 Å². The SMILES string of the molecule is CCCCCC(C)(NC)c1nc2c(s1)CCC2. The van der Waals surface area contributed by atoms with Crippen LogP contribution in [0.3, 0.4) is 0 Å². The van der Waals surface area contributed by atoms with Gasteiger partial charge in [-0.2, -0.15) is 0 Å². The summed E-state index contributed by atoms with van der Waals surface area (Å²) in [6.07, 6.45) is 8.85. The van der Waals surface area contributed by atoms with Crippen molar-refractivity contribution < 1.29 is 0 Å². The second-order valence-electron chi connectivity index (χ2n) is 5.28. The standard InChI is InChI=1S/C14H24N2S/c1-4-5-6-10-14(2,15-3)13-16-11-8-7-9-12(11)17-13/h15H,4-10H2,1-3H3. The van der Waals surface area contributed by atoms with E-state index in [1.54, 1.807) is 0 Å². The lowest BCUT2D eigenvalue weighted by molar-refractivity contribution is 0.352. The summed E-state index contributed by atoms with van der Waals surface area (Å²) in [5.41, 5.74) is 1.46. The molecule has 0 saturated carbocycles. The van der Waals surface area contributed by atoms with Crippen LogP contribution in [0.4, 0.5) is 0 Å². The van der Waals surface area contributed by atoms with E-state index in [0.717, 1.165) is 0 Å². The van der Waals surface area contributed by atoms with Gasteiger partial charge in [0, 0.05) is 4.88 Å². The molecule has 1 aliphatic carbocycles. The quantitative estimate of drug-likeness (QED) is 0.782. The van der Waals surface area contributed by atoms with Gasteiger partial charge in [-0.15, -0.1) is 11.3 Å². The Morgan fingerprint density at radius 3 is 2.82 bits per heavy atom. The summed E-state index contributed by atoms with van der Waals surface area (Å²) >= 11 is 1.94. The highest BCUT2D eigenvalue weighted by Gasteiger charge is 2.30. The Kier molecular flexibility index (Phi) is 4.21. The van der Waals surface area contributed by atoms with E-state index in [4.69, 9.17) is 4.98 Å². The van der Waals surface area contributed by atoms with Crippen molar-refractivity contribution in [2.75, 3.05) is 7.05 Å². The van der Waals surface area contributed by atoms with E-state index >= 15 is 0 Å². The van der Waals surface area contributed by atoms with Crippen LogP contribution in [-0.2, 0) is 18.4 Å². The monoisotopic (exact) mass is 252 g/mol. The normalized spacial score (nSPS) is 18.1. The topological polar surface area (TPSA) is 24.9 Å². The lowest BCUT2D eigenvalue weighted by atomic mass is 9.95. The van der Waals surface area contributed by atoms with Gasteiger partial charge in [0.05, 0.1) is 11.2 Å². The van der Waals surface area contributed by atoms with Gasteiger partial charge in [0.2, 0.25) is 0 Å². The first kappa shape index (κ1) is 13.0. The van der Waals surface area contributed by atoms with Gasteiger partial charge in [-0.25, -0.2) is 4.98 Å². The maximum atomic E-state index is 4.87. The van der Waals surface area contributed by atoms with Gasteiger partial charge in [-0.3, -0.25) is 0 Å². The van der Waals surface area contributed by atoms with Crippen molar-refractivity contribution in [1.82, 2.24) is 10.3 Å². The van der Waals surface area contributed by atoms with Gasteiger partial charge < -0.3 is 5.32 Å². The summed E-state index contributed by atoms with van der Waals surface area (Å²) in [6.45, 7) is 4.56. The van der Waals surface area contributed by atoms with E-state index in [-0.39, 0.29) is 5.54 Å². The fraction of sp³-hybridized carbons (Fsp3) is 0.786. The fourth-order valence-electron chi connectivity index (χ4n) is 2.49. The van der Waals surface area contributed by atoms with Crippen molar-refractivity contribution in [1.29, 1.82) is 0 Å². The van der Waals surface area contributed by atoms with Crippen LogP contribution in [0.15, 0.2) is 0 Å². The average Bonchev–Trinajstić information content (AvgIpc) is 2.89. The molecule has 1 atom stereocenters. The van der Waals surface area contributed by atoms with Crippen molar-refractivity contribution in [3.05, 3.63) is 15.6 Å². The van der Waals surface area contributed by atoms with Crippen LogP contribution in [-0.4, -0.2) is 12.0 Å². The molecule has 1 N–H and O–H groups in total. The highest BCUT2D eigenvalue weighted by molar-refractivity contribution is 7.12. The first-order chi connectivity index (χ1) is 8.19. The molecule has 0 aromatic carbocycles. The molecule has 2 nitrogen and oxygen atoms in total. The van der Waals surface area contributed by atoms with E-state index in [1.165, 1.54) is 60.5 Å². The number of nitrogens with one attached hydrogen (secondary N) is 1. The molecule has 0 bridgehead atoms. The Labute approximate surface area is 109 Å². The molecule has 1 aromatic rings. The minimum Gasteiger partial charge on any atom is -0.309 e. The minimum absolute atomic E-state index is 0.0875. The Morgan fingerprint density at radius 2 is 2.18 bits per heavy atom. The smallest absolute Gasteiger partial charge is 0.113 e. The zero-order chi connectivity index (χ0) is 12.3. The molecule has 0 aliphatic heterocycles. The lowest BCUT2D eigenvalue weighted by Gasteiger charge is -2.27. The lowest BCUT2D eigenvalue weighted by Crippen LogP contribution is -2.36. The Balaban J connectivity index is 2.10. The highest BCUT2D eigenvalue weighted by atomic mass is 32.1. The summed E-state index contributed by atoms with van der Waals surface area (Å²) < 4.78 is 0. The molecule has 0 radical (unpaired) electrons. The average molecular weight is 252 g/mol. The molecule has 0 saturated heterocycles. The molecule has 1 aliphatic rings. The number of aromatic nitrogens is 1. The first-order valence-corrected chi connectivity index (χ1v) is 7.69. The maximum Gasteiger partial charge on any atom is 0.113 e. The molecule has 96 valence electrons. The number of unbranched alkanes of at least 4 members (excludes halogenated alkanes) is 2. The predicted octanol–water partition coefficient (Wildman–Crippen LogP) is 3.65. The Hall–Kier alpha value is -0.410. The molecule has 0 amide bonds. The maximum absolute atomic E-state index is 4.87. The van der Waals surface area contributed by atoms with Crippen molar-refractivity contribution >= 4 is 11.3 Å². The number of hydrogen-bond donors (Lipinski definition) is 1. The molecule has 1 unspecified atom stereocenters. The summed E-state index contributed by atoms with van der Waals surface area (Å²) in [6, 6.07) is 0. The molecule has 17 heavy (non-hydrogen) atoms. The predicted molar refractivity (Wildman–Crippen MR) is 74.7 cm³/mol. The number of fused-ring (bicyclic) bond motifs is 1. The molecule has 1 aromatic heterocycles. The van der Waals surface area contributed by atoms with Gasteiger partial charge in [-0.05, 0) is 39.7 Å². The van der Waals surface area contributed by atoms with Crippen LogP contribution in [0.2, 0.25) is 0 Å². The number of thiazole rings is 1. The van der Waals surface area contributed by atoms with E-state index in [1.807, 2.05) is 11.3 Å². The largest absolute Gasteiger partial charge is 0.309 e. The molecule has 0 spiro atoms. The zero-order valence-corrected chi connectivity index (χ0v) is 12.1. The Bertz CT molecular complexity index is 351. The first-order valence-electron chi connectivity index (χ1n) is 6.87. The molecule has 3 heteroatoms. The second-order valence-corrected chi connectivity index (χ2v) is 6.37. The van der Waals surface area contributed by atoms with Crippen LogP contribution in [0.5, 0.6) is 0 Å². The molecule has 2 rings (SSSR count). The van der Waals surface area contributed by atoms with Crippen molar-refractivity contribution in [3.8, 4) is 0 Å². The molecule has 1 heterocycles.